The summed E-state index contributed by atoms with van der Waals surface area (Å²) in [5.41, 5.74) is 0.847. The Morgan fingerprint density at radius 2 is 1.95 bits per heavy atom. The van der Waals surface area contributed by atoms with Crippen LogP contribution < -0.4 is 10.6 Å². The molecule has 0 unspecified atom stereocenters. The van der Waals surface area contributed by atoms with Gasteiger partial charge in [-0.15, -0.1) is 0 Å². The summed E-state index contributed by atoms with van der Waals surface area (Å²) in [5, 5.41) is 7.66. The number of likely N-dealkylation sites (tertiary alicyclic amines) is 1. The number of nitrogens with zero attached hydrogens (tertiary/aromatic N) is 1. The van der Waals surface area contributed by atoms with E-state index < -0.39 is 0 Å². The van der Waals surface area contributed by atoms with E-state index in [-0.39, 0.29) is 0 Å². The van der Waals surface area contributed by atoms with Crippen molar-refractivity contribution in [2.75, 3.05) is 31.5 Å². The number of benzene rings is 1. The van der Waals surface area contributed by atoms with Crippen LogP contribution in [-0.2, 0) is 0 Å². The van der Waals surface area contributed by atoms with Crippen LogP contribution in [-0.4, -0.2) is 36.2 Å². The van der Waals surface area contributed by atoms with Crippen molar-refractivity contribution in [1.82, 2.24) is 10.2 Å². The van der Waals surface area contributed by atoms with Gasteiger partial charge in [-0.3, -0.25) is 0 Å². The Kier molecular flexibility index (Phi) is 5.89. The van der Waals surface area contributed by atoms with Gasteiger partial charge in [-0.25, -0.2) is 0 Å². The van der Waals surface area contributed by atoms with Crippen LogP contribution in [0, 0.1) is 0 Å². The molecular weight excluding hydrogens is 278 g/mol. The monoisotopic (exact) mass is 297 g/mol. The van der Waals surface area contributed by atoms with E-state index in [2.05, 4.69) is 15.5 Å². The largest absolute Gasteiger partial charge is 0.361 e. The van der Waals surface area contributed by atoms with Crippen LogP contribution in [0.2, 0.25) is 5.02 Å². The molecule has 0 spiro atoms. The van der Waals surface area contributed by atoms with Gasteiger partial charge in [-0.1, -0.05) is 30.2 Å². The van der Waals surface area contributed by atoms with Gasteiger partial charge in [0.25, 0.3) is 0 Å². The van der Waals surface area contributed by atoms with Crippen LogP contribution in [0.3, 0.4) is 0 Å². The smallest absolute Gasteiger partial charge is 0.170 e. The number of halogens is 1. The third kappa shape index (κ3) is 4.97. The Bertz CT molecular complexity index is 419. The van der Waals surface area contributed by atoms with Gasteiger partial charge in [0.15, 0.2) is 5.11 Å². The van der Waals surface area contributed by atoms with Crippen molar-refractivity contribution < 1.29 is 0 Å². The van der Waals surface area contributed by atoms with Gasteiger partial charge >= 0.3 is 0 Å². The Hall–Kier alpha value is -0.840. The summed E-state index contributed by atoms with van der Waals surface area (Å²) in [6.45, 7) is 4.35. The number of thiocarbonyl (C=S) groups is 1. The zero-order valence-corrected chi connectivity index (χ0v) is 12.6. The lowest BCUT2D eigenvalue weighted by Gasteiger charge is -2.26. The zero-order chi connectivity index (χ0) is 13.5. The van der Waals surface area contributed by atoms with E-state index in [1.54, 1.807) is 0 Å². The summed E-state index contributed by atoms with van der Waals surface area (Å²) in [6.07, 6.45) is 4.01. The summed E-state index contributed by atoms with van der Waals surface area (Å²) in [7, 11) is 0. The van der Waals surface area contributed by atoms with E-state index >= 15 is 0 Å². The molecule has 1 aliphatic rings. The van der Waals surface area contributed by atoms with Crippen molar-refractivity contribution >= 4 is 34.6 Å². The second-order valence-corrected chi connectivity index (χ2v) is 5.58. The first-order valence-electron chi connectivity index (χ1n) is 6.77. The highest BCUT2D eigenvalue weighted by molar-refractivity contribution is 7.80. The third-order valence-electron chi connectivity index (χ3n) is 3.28. The molecule has 1 aromatic rings. The predicted octanol–water partition coefficient (Wildman–Crippen LogP) is 3.11. The van der Waals surface area contributed by atoms with Crippen molar-refractivity contribution in [3.63, 3.8) is 0 Å². The molecule has 1 heterocycles. The quantitative estimate of drug-likeness (QED) is 0.835. The summed E-state index contributed by atoms with van der Waals surface area (Å²) in [4.78, 5) is 2.48. The molecule has 0 saturated carbocycles. The molecule has 1 saturated heterocycles. The van der Waals surface area contributed by atoms with E-state index in [0.29, 0.717) is 10.1 Å². The average molecular weight is 298 g/mol. The second-order valence-electron chi connectivity index (χ2n) is 4.76. The SMILES string of the molecule is S=C(NCCN1CCCCC1)Nc1ccccc1Cl. The molecular formula is C14H20ClN3S. The van der Waals surface area contributed by atoms with Crippen LogP contribution in [0.1, 0.15) is 19.3 Å². The number of rotatable bonds is 4. The molecule has 19 heavy (non-hydrogen) atoms. The standard InChI is InChI=1S/C14H20ClN3S/c15-12-6-2-3-7-13(12)17-14(19)16-8-11-18-9-4-1-5-10-18/h2-3,6-7H,1,4-5,8-11H2,(H2,16,17,19). The molecule has 1 aromatic carbocycles. The number of anilines is 1. The average Bonchev–Trinajstić information content (AvgIpc) is 2.43. The molecule has 3 nitrogen and oxygen atoms in total. The van der Waals surface area contributed by atoms with E-state index in [1.807, 2.05) is 24.3 Å². The van der Waals surface area contributed by atoms with Crippen molar-refractivity contribution in [3.05, 3.63) is 29.3 Å². The van der Waals surface area contributed by atoms with Crippen molar-refractivity contribution in [2.24, 2.45) is 0 Å². The number of nitrogens with one attached hydrogen (secondary N) is 2. The van der Waals surface area contributed by atoms with Crippen LogP contribution in [0.25, 0.3) is 0 Å². The van der Waals surface area contributed by atoms with Crippen LogP contribution in [0.15, 0.2) is 24.3 Å². The van der Waals surface area contributed by atoms with Gasteiger partial charge in [-0.05, 0) is 50.3 Å². The zero-order valence-electron chi connectivity index (χ0n) is 11.0. The fourth-order valence-electron chi connectivity index (χ4n) is 2.24. The third-order valence-corrected chi connectivity index (χ3v) is 3.86. The fraction of sp³-hybridized carbons (Fsp3) is 0.500. The summed E-state index contributed by atoms with van der Waals surface area (Å²) in [6, 6.07) is 7.60. The van der Waals surface area contributed by atoms with Crippen molar-refractivity contribution in [3.8, 4) is 0 Å². The molecule has 1 aliphatic heterocycles. The van der Waals surface area contributed by atoms with Crippen LogP contribution in [0.4, 0.5) is 5.69 Å². The Morgan fingerprint density at radius 3 is 2.68 bits per heavy atom. The van der Waals surface area contributed by atoms with Crippen molar-refractivity contribution in [2.45, 2.75) is 19.3 Å². The number of hydrogen-bond donors (Lipinski definition) is 2. The van der Waals surface area contributed by atoms with Crippen molar-refractivity contribution in [1.29, 1.82) is 0 Å². The summed E-state index contributed by atoms with van der Waals surface area (Å²) in [5.74, 6) is 0. The predicted molar refractivity (Wildman–Crippen MR) is 86.0 cm³/mol. The van der Waals surface area contributed by atoms with Crippen LogP contribution >= 0.6 is 23.8 Å². The molecule has 0 radical (unpaired) electrons. The Labute approximate surface area is 125 Å². The molecule has 0 bridgehead atoms. The van der Waals surface area contributed by atoms with E-state index in [4.69, 9.17) is 23.8 Å². The Balaban J connectivity index is 1.68. The highest BCUT2D eigenvalue weighted by Crippen LogP contribution is 2.20. The molecule has 0 aliphatic carbocycles. The highest BCUT2D eigenvalue weighted by atomic mass is 35.5. The van der Waals surface area contributed by atoms with Gasteiger partial charge in [0, 0.05) is 13.1 Å². The fourth-order valence-corrected chi connectivity index (χ4v) is 2.63. The second kappa shape index (κ2) is 7.68. The lowest BCUT2D eigenvalue weighted by molar-refractivity contribution is 0.232. The van der Waals surface area contributed by atoms with Gasteiger partial charge in [0.2, 0.25) is 0 Å². The molecule has 0 aromatic heterocycles. The molecule has 2 rings (SSSR count). The minimum atomic E-state index is 0.630. The Morgan fingerprint density at radius 1 is 1.21 bits per heavy atom. The maximum absolute atomic E-state index is 6.07. The van der Waals surface area contributed by atoms with Crippen LogP contribution in [0.5, 0.6) is 0 Å². The minimum absolute atomic E-state index is 0.630. The molecule has 5 heteroatoms. The minimum Gasteiger partial charge on any atom is -0.361 e. The molecule has 0 atom stereocenters. The number of hydrogen-bond acceptors (Lipinski definition) is 2. The van der Waals surface area contributed by atoms with E-state index in [0.717, 1.165) is 18.8 Å². The normalized spacial score (nSPS) is 16.1. The first kappa shape index (κ1) is 14.6. The lowest BCUT2D eigenvalue weighted by atomic mass is 10.1. The number of piperidine rings is 1. The number of para-hydroxylation sites is 1. The summed E-state index contributed by atoms with van der Waals surface area (Å²) >= 11 is 11.3. The van der Waals surface area contributed by atoms with Gasteiger partial charge < -0.3 is 15.5 Å². The van der Waals surface area contributed by atoms with E-state index in [9.17, 15) is 0 Å². The molecule has 104 valence electrons. The topological polar surface area (TPSA) is 27.3 Å². The first-order valence-corrected chi connectivity index (χ1v) is 7.56. The molecule has 1 fully saturated rings. The maximum atomic E-state index is 6.07. The van der Waals surface area contributed by atoms with Gasteiger partial charge in [0.1, 0.15) is 0 Å². The lowest BCUT2D eigenvalue weighted by Crippen LogP contribution is -2.39. The first-order chi connectivity index (χ1) is 9.25. The summed E-state index contributed by atoms with van der Waals surface area (Å²) < 4.78 is 0. The maximum Gasteiger partial charge on any atom is 0.170 e. The molecule has 2 N–H and O–H groups in total. The van der Waals surface area contributed by atoms with Gasteiger partial charge in [-0.2, -0.15) is 0 Å². The van der Waals surface area contributed by atoms with Gasteiger partial charge in [0.05, 0.1) is 10.7 Å². The highest BCUT2D eigenvalue weighted by Gasteiger charge is 2.09. The van der Waals surface area contributed by atoms with E-state index in [1.165, 1.54) is 32.4 Å². The molecule has 0 amide bonds.